The van der Waals surface area contributed by atoms with Gasteiger partial charge in [0.15, 0.2) is 0 Å². The van der Waals surface area contributed by atoms with Crippen molar-refractivity contribution in [2.45, 2.75) is 43.6 Å². The summed E-state index contributed by atoms with van der Waals surface area (Å²) < 4.78 is 0. The molecular weight excluding hydrogens is 336 g/mol. The number of Topliss-reactive ketones (excluding diaryl/α,β-unsaturated/α-hetero) is 1. The van der Waals surface area contributed by atoms with Crippen LogP contribution in [0.5, 0.6) is 0 Å². The molecule has 0 aromatic rings. The van der Waals surface area contributed by atoms with E-state index in [-0.39, 0.29) is 11.8 Å². The lowest BCUT2D eigenvalue weighted by Gasteiger charge is -2.35. The highest BCUT2D eigenvalue weighted by Crippen LogP contribution is 2.42. The van der Waals surface area contributed by atoms with Gasteiger partial charge < -0.3 is 0 Å². The lowest BCUT2D eigenvalue weighted by molar-refractivity contribution is -0.122. The third-order valence-corrected chi connectivity index (χ3v) is 7.33. The number of hydrogen-bond donors (Lipinski definition) is 0. The number of carbonyl (C=O) groups is 1. The molecule has 0 N–H and O–H groups in total. The van der Waals surface area contributed by atoms with Crippen LogP contribution in [0.1, 0.15) is 33.1 Å². The van der Waals surface area contributed by atoms with E-state index in [4.69, 9.17) is 0 Å². The first kappa shape index (κ1) is 19.2. The summed E-state index contributed by atoms with van der Waals surface area (Å²) >= 11 is 2.06. The summed E-state index contributed by atoms with van der Waals surface area (Å²) in [6, 6.07) is 0. The molecule has 3 aliphatic rings. The fourth-order valence-electron chi connectivity index (χ4n) is 4.12. The Bertz CT molecular complexity index is 678. The summed E-state index contributed by atoms with van der Waals surface area (Å²) in [5.74, 6) is 1.48. The van der Waals surface area contributed by atoms with Gasteiger partial charge >= 0.3 is 0 Å². The minimum Gasteiger partial charge on any atom is -0.299 e. The normalized spacial score (nSPS) is 40.1. The summed E-state index contributed by atoms with van der Waals surface area (Å²) in [4.78, 5) is 12.9. The Balaban J connectivity index is 1.91. The second-order valence-corrected chi connectivity index (χ2v) is 9.03. The quantitative estimate of drug-likeness (QED) is 0.435. The molecule has 26 heavy (non-hydrogen) atoms. The standard InChI is InChI=1S/C24H30OS/c1-4-5-10-21-18(3)17(2)14-15-20-16-19(9-8-12-23(21)25)22-11-6-7-13-24(22)26-20/h4-5,7-10,13-18,20-22,24H,1,6,11-12H2,2-3H3/b9-8-,10-5-,15-14-. The number of rotatable bonds is 2. The maximum Gasteiger partial charge on any atom is 0.143 e. The molecule has 3 rings (SSSR count). The highest BCUT2D eigenvalue weighted by atomic mass is 32.2. The highest BCUT2D eigenvalue weighted by Gasteiger charge is 2.31. The third-order valence-electron chi connectivity index (χ3n) is 5.92. The van der Waals surface area contributed by atoms with E-state index in [1.807, 2.05) is 12.2 Å². The molecule has 6 unspecified atom stereocenters. The van der Waals surface area contributed by atoms with Crippen molar-refractivity contribution in [1.29, 1.82) is 0 Å². The highest BCUT2D eigenvalue weighted by molar-refractivity contribution is 8.01. The molecule has 138 valence electrons. The Morgan fingerprint density at radius 2 is 2.04 bits per heavy atom. The minimum absolute atomic E-state index is 0.0523. The molecule has 0 saturated heterocycles. The van der Waals surface area contributed by atoms with E-state index in [1.54, 1.807) is 6.08 Å². The Labute approximate surface area is 162 Å². The first-order valence-electron chi connectivity index (χ1n) is 9.80. The first-order valence-corrected chi connectivity index (χ1v) is 10.7. The van der Waals surface area contributed by atoms with Crippen molar-refractivity contribution in [1.82, 2.24) is 0 Å². The van der Waals surface area contributed by atoms with Crippen molar-refractivity contribution < 1.29 is 4.79 Å². The predicted molar refractivity (Wildman–Crippen MR) is 114 cm³/mol. The van der Waals surface area contributed by atoms with Gasteiger partial charge in [0.25, 0.3) is 0 Å². The molecule has 2 heteroatoms. The van der Waals surface area contributed by atoms with Crippen LogP contribution in [0, 0.1) is 23.7 Å². The van der Waals surface area contributed by atoms with Crippen LogP contribution in [0.2, 0.25) is 0 Å². The van der Waals surface area contributed by atoms with Crippen molar-refractivity contribution in [2.75, 3.05) is 0 Å². The smallest absolute Gasteiger partial charge is 0.143 e. The van der Waals surface area contributed by atoms with Crippen molar-refractivity contribution in [2.24, 2.45) is 23.7 Å². The van der Waals surface area contributed by atoms with Crippen LogP contribution in [0.4, 0.5) is 0 Å². The van der Waals surface area contributed by atoms with Gasteiger partial charge in [0.2, 0.25) is 0 Å². The molecule has 0 aromatic carbocycles. The topological polar surface area (TPSA) is 17.1 Å². The van der Waals surface area contributed by atoms with Gasteiger partial charge in [-0.1, -0.05) is 81.2 Å². The number of fused-ring (bicyclic) bond motifs is 3. The maximum atomic E-state index is 12.9. The number of thioether (sulfide) groups is 1. The summed E-state index contributed by atoms with van der Waals surface area (Å²) in [6.07, 6.45) is 24.7. The van der Waals surface area contributed by atoms with Crippen molar-refractivity contribution >= 4 is 17.5 Å². The molecule has 1 nitrogen and oxygen atoms in total. The number of carbonyl (C=O) groups excluding carboxylic acids is 1. The lowest BCUT2D eigenvalue weighted by atomic mass is 9.79. The van der Waals surface area contributed by atoms with Crippen LogP contribution in [-0.4, -0.2) is 16.3 Å². The molecule has 1 heterocycles. The maximum absolute atomic E-state index is 12.9. The van der Waals surface area contributed by atoms with Crippen LogP contribution in [0.15, 0.2) is 72.9 Å². The fourth-order valence-corrected chi connectivity index (χ4v) is 5.59. The Morgan fingerprint density at radius 3 is 2.85 bits per heavy atom. The average Bonchev–Trinajstić information content (AvgIpc) is 2.65. The van der Waals surface area contributed by atoms with Gasteiger partial charge in [-0.05, 0) is 36.2 Å². The van der Waals surface area contributed by atoms with Gasteiger partial charge in [-0.25, -0.2) is 0 Å². The van der Waals surface area contributed by atoms with Gasteiger partial charge in [0, 0.05) is 22.8 Å². The van der Waals surface area contributed by atoms with Gasteiger partial charge in [0.05, 0.1) is 0 Å². The largest absolute Gasteiger partial charge is 0.299 e. The predicted octanol–water partition coefficient (Wildman–Crippen LogP) is 6.08. The second-order valence-electron chi connectivity index (χ2n) is 7.67. The number of allylic oxidation sites excluding steroid dienone is 8. The molecule has 0 saturated carbocycles. The summed E-state index contributed by atoms with van der Waals surface area (Å²) in [5, 5.41) is 0.989. The van der Waals surface area contributed by atoms with E-state index in [2.05, 4.69) is 74.7 Å². The molecule has 6 atom stereocenters. The van der Waals surface area contributed by atoms with Crippen LogP contribution in [-0.2, 0) is 4.79 Å². The van der Waals surface area contributed by atoms with Crippen LogP contribution < -0.4 is 0 Å². The van der Waals surface area contributed by atoms with Crippen LogP contribution in [0.3, 0.4) is 0 Å². The molecule has 0 fully saturated rings. The summed E-state index contributed by atoms with van der Waals surface area (Å²) in [5.41, 5.74) is 1.42. The van der Waals surface area contributed by atoms with E-state index in [0.717, 1.165) is 6.42 Å². The molecule has 2 aliphatic carbocycles. The van der Waals surface area contributed by atoms with E-state index in [1.165, 1.54) is 12.0 Å². The van der Waals surface area contributed by atoms with Crippen molar-refractivity contribution in [3.63, 3.8) is 0 Å². The van der Waals surface area contributed by atoms with Crippen LogP contribution >= 0.6 is 11.8 Å². The molecule has 0 amide bonds. The Morgan fingerprint density at radius 1 is 1.19 bits per heavy atom. The zero-order chi connectivity index (χ0) is 18.5. The molecular formula is C24H30OS. The number of ketones is 1. The van der Waals surface area contributed by atoms with E-state index in [9.17, 15) is 4.79 Å². The second kappa shape index (κ2) is 8.90. The monoisotopic (exact) mass is 366 g/mol. The van der Waals surface area contributed by atoms with Gasteiger partial charge in [-0.2, -0.15) is 0 Å². The van der Waals surface area contributed by atoms with E-state index >= 15 is 0 Å². The zero-order valence-electron chi connectivity index (χ0n) is 15.9. The van der Waals surface area contributed by atoms with Gasteiger partial charge in [-0.15, -0.1) is 11.8 Å². The van der Waals surface area contributed by atoms with Crippen molar-refractivity contribution in [3.05, 3.63) is 72.9 Å². The Hall–Kier alpha value is -1.54. The molecule has 0 radical (unpaired) electrons. The molecule has 0 spiro atoms. The minimum atomic E-state index is -0.0523. The summed E-state index contributed by atoms with van der Waals surface area (Å²) in [6.45, 7) is 8.17. The van der Waals surface area contributed by atoms with Crippen molar-refractivity contribution in [3.8, 4) is 0 Å². The third kappa shape index (κ3) is 4.40. The lowest BCUT2D eigenvalue weighted by Crippen LogP contribution is -2.27. The number of hydrogen-bond acceptors (Lipinski definition) is 2. The molecule has 2 bridgehead atoms. The molecule has 1 aliphatic heterocycles. The van der Waals surface area contributed by atoms with E-state index < -0.39 is 0 Å². The first-order chi connectivity index (χ1) is 12.6. The van der Waals surface area contributed by atoms with Crippen LogP contribution in [0.25, 0.3) is 0 Å². The SMILES string of the molecule is C=C/C=C\C1C(=O)C/C=C\C2=CC(/C=C\C(C)C1C)SC1C=CCCC21. The average molecular weight is 367 g/mol. The zero-order valence-corrected chi connectivity index (χ0v) is 16.7. The molecule has 0 aromatic heterocycles. The summed E-state index contributed by atoms with van der Waals surface area (Å²) in [7, 11) is 0. The fraction of sp³-hybridized carbons (Fsp3) is 0.458. The Kier molecular flexibility index (Phi) is 6.58. The van der Waals surface area contributed by atoms with E-state index in [0.29, 0.717) is 34.5 Å². The van der Waals surface area contributed by atoms with Gasteiger partial charge in [-0.3, -0.25) is 4.79 Å². The van der Waals surface area contributed by atoms with Gasteiger partial charge in [0.1, 0.15) is 5.78 Å².